The van der Waals surface area contributed by atoms with Gasteiger partial charge in [0.15, 0.2) is 0 Å². The highest BCUT2D eigenvalue weighted by Gasteiger charge is 2.45. The van der Waals surface area contributed by atoms with Gasteiger partial charge in [-0.2, -0.15) is 9.97 Å². The number of halogens is 1. The molecule has 1 aromatic carbocycles. The first-order valence-corrected chi connectivity index (χ1v) is 10.6. The molecule has 0 saturated carbocycles. The standard InChI is InChI=1S/C22H26ClN3O2/c1-14-5-4-10-26(12-14)20-16-13-28-22(11-19(16)24-21(25-20)27-2)9-8-15-17(22)6-3-7-18(15)23/h3,6-7,14H,4-5,8-13H2,1-2H3. The predicted octanol–water partition coefficient (Wildman–Crippen LogP) is 4.29. The molecule has 1 aromatic heterocycles. The summed E-state index contributed by atoms with van der Waals surface area (Å²) in [5.41, 5.74) is 4.28. The third-order valence-corrected chi connectivity index (χ3v) is 6.88. The maximum absolute atomic E-state index is 6.56. The number of aromatic nitrogens is 2. The summed E-state index contributed by atoms with van der Waals surface area (Å²) in [5, 5.41) is 0.840. The lowest BCUT2D eigenvalue weighted by Gasteiger charge is -2.38. The molecule has 3 heterocycles. The average molecular weight is 400 g/mol. The van der Waals surface area contributed by atoms with Gasteiger partial charge in [-0.25, -0.2) is 0 Å². The van der Waals surface area contributed by atoms with E-state index in [0.29, 0.717) is 18.5 Å². The SMILES string of the molecule is COc1nc2c(c(N3CCCC(C)C3)n1)COC1(CCc3c(Cl)cccc31)C2. The molecule has 2 atom stereocenters. The molecule has 0 amide bonds. The fourth-order valence-electron chi connectivity index (χ4n) is 5.09. The van der Waals surface area contributed by atoms with Crippen LogP contribution in [0.5, 0.6) is 6.01 Å². The summed E-state index contributed by atoms with van der Waals surface area (Å²) in [7, 11) is 1.64. The van der Waals surface area contributed by atoms with E-state index in [4.69, 9.17) is 31.0 Å². The number of nitrogens with zero attached hydrogens (tertiary/aromatic N) is 3. The molecular formula is C22H26ClN3O2. The first-order valence-electron chi connectivity index (χ1n) is 10.2. The lowest BCUT2D eigenvalue weighted by molar-refractivity contribution is -0.0729. The quantitative estimate of drug-likeness (QED) is 0.753. The van der Waals surface area contributed by atoms with Crippen molar-refractivity contribution in [3.8, 4) is 6.01 Å². The van der Waals surface area contributed by atoms with E-state index in [-0.39, 0.29) is 5.60 Å². The normalized spacial score (nSPS) is 26.2. The van der Waals surface area contributed by atoms with Gasteiger partial charge in [0.2, 0.25) is 0 Å². The van der Waals surface area contributed by atoms with E-state index in [1.807, 2.05) is 12.1 Å². The molecular weight excluding hydrogens is 374 g/mol. The Balaban J connectivity index is 1.55. The van der Waals surface area contributed by atoms with E-state index in [1.54, 1.807) is 7.11 Å². The molecule has 2 unspecified atom stereocenters. The summed E-state index contributed by atoms with van der Waals surface area (Å²) in [6, 6.07) is 6.60. The number of fused-ring (bicyclic) bond motifs is 3. The van der Waals surface area contributed by atoms with E-state index in [9.17, 15) is 0 Å². The van der Waals surface area contributed by atoms with Gasteiger partial charge in [-0.3, -0.25) is 0 Å². The topological polar surface area (TPSA) is 47.5 Å². The van der Waals surface area contributed by atoms with Crippen molar-refractivity contribution in [2.45, 2.75) is 51.2 Å². The Bertz CT molecular complexity index is 919. The monoisotopic (exact) mass is 399 g/mol. The van der Waals surface area contributed by atoms with Crippen molar-refractivity contribution in [1.29, 1.82) is 0 Å². The van der Waals surface area contributed by atoms with Crippen molar-refractivity contribution >= 4 is 17.4 Å². The fourth-order valence-corrected chi connectivity index (χ4v) is 5.36. The zero-order chi connectivity index (χ0) is 19.3. The van der Waals surface area contributed by atoms with Crippen molar-refractivity contribution in [2.24, 2.45) is 5.92 Å². The van der Waals surface area contributed by atoms with Crippen LogP contribution in [0.3, 0.4) is 0 Å². The number of piperidine rings is 1. The largest absolute Gasteiger partial charge is 0.467 e. The number of hydrogen-bond acceptors (Lipinski definition) is 5. The van der Waals surface area contributed by atoms with Gasteiger partial charge in [-0.05, 0) is 48.8 Å². The number of anilines is 1. The van der Waals surface area contributed by atoms with Gasteiger partial charge in [0.1, 0.15) is 5.82 Å². The molecule has 1 spiro atoms. The summed E-state index contributed by atoms with van der Waals surface area (Å²) in [4.78, 5) is 11.9. The van der Waals surface area contributed by atoms with E-state index in [0.717, 1.165) is 54.4 Å². The minimum absolute atomic E-state index is 0.334. The van der Waals surface area contributed by atoms with Crippen LogP contribution >= 0.6 is 11.6 Å². The summed E-state index contributed by atoms with van der Waals surface area (Å²) in [5.74, 6) is 1.66. The molecule has 5 nitrogen and oxygen atoms in total. The third kappa shape index (κ3) is 2.87. The second-order valence-electron chi connectivity index (χ2n) is 8.38. The van der Waals surface area contributed by atoms with Crippen molar-refractivity contribution < 1.29 is 9.47 Å². The second kappa shape index (κ2) is 6.89. The molecule has 1 fully saturated rings. The maximum atomic E-state index is 6.56. The highest BCUT2D eigenvalue weighted by Crippen LogP contribution is 2.48. The zero-order valence-corrected chi connectivity index (χ0v) is 17.3. The van der Waals surface area contributed by atoms with Crippen LogP contribution in [0.15, 0.2) is 18.2 Å². The number of rotatable bonds is 2. The van der Waals surface area contributed by atoms with Gasteiger partial charge in [-0.15, -0.1) is 0 Å². The Hall–Kier alpha value is -1.85. The summed E-state index contributed by atoms with van der Waals surface area (Å²) >= 11 is 6.45. The smallest absolute Gasteiger partial charge is 0.318 e. The Morgan fingerprint density at radius 3 is 3.00 bits per heavy atom. The molecule has 0 radical (unpaired) electrons. The van der Waals surface area contributed by atoms with Crippen LogP contribution in [0.4, 0.5) is 5.82 Å². The molecule has 148 valence electrons. The average Bonchev–Trinajstić information content (AvgIpc) is 3.06. The van der Waals surface area contributed by atoms with E-state index >= 15 is 0 Å². The second-order valence-corrected chi connectivity index (χ2v) is 8.79. The third-order valence-electron chi connectivity index (χ3n) is 6.52. The van der Waals surface area contributed by atoms with Crippen LogP contribution in [0.2, 0.25) is 5.02 Å². The molecule has 28 heavy (non-hydrogen) atoms. The van der Waals surface area contributed by atoms with Crippen LogP contribution in [0.1, 0.15) is 48.6 Å². The Morgan fingerprint density at radius 2 is 2.18 bits per heavy atom. The van der Waals surface area contributed by atoms with Gasteiger partial charge < -0.3 is 14.4 Å². The number of ether oxygens (including phenoxy) is 2. The van der Waals surface area contributed by atoms with Gasteiger partial charge >= 0.3 is 6.01 Å². The minimum atomic E-state index is -0.334. The maximum Gasteiger partial charge on any atom is 0.318 e. The van der Waals surface area contributed by atoms with Crippen LogP contribution in [-0.4, -0.2) is 30.2 Å². The predicted molar refractivity (Wildman–Crippen MR) is 109 cm³/mol. The first kappa shape index (κ1) is 18.2. The van der Waals surface area contributed by atoms with E-state index in [1.165, 1.54) is 24.0 Å². The molecule has 0 bridgehead atoms. The van der Waals surface area contributed by atoms with Gasteiger partial charge in [-0.1, -0.05) is 30.7 Å². The van der Waals surface area contributed by atoms with Crippen LogP contribution < -0.4 is 9.64 Å². The lowest BCUT2D eigenvalue weighted by Crippen LogP contribution is -2.39. The Morgan fingerprint density at radius 1 is 1.29 bits per heavy atom. The molecule has 5 rings (SSSR count). The van der Waals surface area contributed by atoms with Crippen LogP contribution in [0, 0.1) is 5.92 Å². The van der Waals surface area contributed by atoms with E-state index < -0.39 is 0 Å². The molecule has 2 aromatic rings. The highest BCUT2D eigenvalue weighted by molar-refractivity contribution is 6.31. The Labute approximate surface area is 171 Å². The van der Waals surface area contributed by atoms with E-state index in [2.05, 4.69) is 17.9 Å². The fraction of sp³-hybridized carbons (Fsp3) is 0.545. The zero-order valence-electron chi connectivity index (χ0n) is 16.5. The summed E-state index contributed by atoms with van der Waals surface area (Å²) in [6.45, 7) is 4.89. The molecule has 3 aliphatic rings. The lowest BCUT2D eigenvalue weighted by atomic mass is 9.86. The minimum Gasteiger partial charge on any atom is -0.467 e. The van der Waals surface area contributed by atoms with Crippen LogP contribution in [-0.2, 0) is 29.8 Å². The van der Waals surface area contributed by atoms with Crippen LogP contribution in [0.25, 0.3) is 0 Å². The Kier molecular flexibility index (Phi) is 4.48. The molecule has 6 heteroatoms. The van der Waals surface area contributed by atoms with Crippen molar-refractivity contribution in [2.75, 3.05) is 25.1 Å². The highest BCUT2D eigenvalue weighted by atomic mass is 35.5. The molecule has 1 saturated heterocycles. The van der Waals surface area contributed by atoms with Gasteiger partial charge in [0.25, 0.3) is 0 Å². The number of hydrogen-bond donors (Lipinski definition) is 0. The number of benzene rings is 1. The van der Waals surface area contributed by atoms with Gasteiger partial charge in [0.05, 0.1) is 25.0 Å². The van der Waals surface area contributed by atoms with Gasteiger partial charge in [0, 0.05) is 30.1 Å². The molecule has 0 N–H and O–H groups in total. The number of methoxy groups -OCH3 is 1. The summed E-state index contributed by atoms with van der Waals surface area (Å²) in [6.07, 6.45) is 5.10. The summed E-state index contributed by atoms with van der Waals surface area (Å²) < 4.78 is 12.0. The van der Waals surface area contributed by atoms with Crippen molar-refractivity contribution in [3.05, 3.63) is 45.6 Å². The van der Waals surface area contributed by atoms with Crippen molar-refractivity contribution in [3.63, 3.8) is 0 Å². The first-order chi connectivity index (χ1) is 13.6. The molecule has 1 aliphatic carbocycles. The van der Waals surface area contributed by atoms with Crippen molar-refractivity contribution in [1.82, 2.24) is 9.97 Å². The molecule has 2 aliphatic heterocycles.